The number of carbonyl (C=O) groups is 1. The van der Waals surface area contributed by atoms with Crippen molar-refractivity contribution >= 4 is 5.91 Å². The summed E-state index contributed by atoms with van der Waals surface area (Å²) in [5, 5.41) is 17.8. The third-order valence-electron chi connectivity index (χ3n) is 3.50. The first-order valence-electron chi connectivity index (χ1n) is 7.99. The Morgan fingerprint density at radius 1 is 1.18 bits per heavy atom. The lowest BCUT2D eigenvalue weighted by molar-refractivity contribution is -0.274. The summed E-state index contributed by atoms with van der Waals surface area (Å²) in [7, 11) is 0. The number of aromatic amines is 1. The zero-order valence-corrected chi connectivity index (χ0v) is 14.2. The van der Waals surface area contributed by atoms with Crippen molar-refractivity contribution in [2.24, 2.45) is 0 Å². The lowest BCUT2D eigenvalue weighted by Gasteiger charge is -2.10. The first kappa shape index (κ1) is 19.3. The fraction of sp³-hybridized carbons (Fsp3) is 0.176. The Hall–Kier alpha value is -3.47. The van der Waals surface area contributed by atoms with Crippen LogP contribution in [0.25, 0.3) is 22.6 Å². The molecule has 3 rings (SSSR count). The van der Waals surface area contributed by atoms with Crippen LogP contribution >= 0.6 is 0 Å². The minimum absolute atomic E-state index is 0.0327. The monoisotopic (exact) mass is 393 g/mol. The van der Waals surface area contributed by atoms with Crippen molar-refractivity contribution in [3.05, 3.63) is 48.4 Å². The van der Waals surface area contributed by atoms with Crippen molar-refractivity contribution < 1.29 is 27.8 Å². The average Bonchev–Trinajstić information content (AvgIpc) is 3.20. The van der Waals surface area contributed by atoms with E-state index in [0.29, 0.717) is 16.8 Å². The highest BCUT2D eigenvalue weighted by Crippen LogP contribution is 2.27. The molecule has 2 heterocycles. The zero-order valence-electron chi connectivity index (χ0n) is 14.2. The second-order valence-electron chi connectivity index (χ2n) is 5.50. The second kappa shape index (κ2) is 8.05. The predicted octanol–water partition coefficient (Wildman–Crippen LogP) is 2.15. The van der Waals surface area contributed by atoms with Gasteiger partial charge in [0.05, 0.1) is 24.1 Å². The number of halogens is 3. The zero-order chi connectivity index (χ0) is 20.1. The minimum atomic E-state index is -4.79. The number of aliphatic hydroxyl groups is 1. The van der Waals surface area contributed by atoms with E-state index in [2.05, 4.69) is 30.2 Å². The minimum Gasteiger partial charge on any atom is -0.406 e. The third-order valence-corrected chi connectivity index (χ3v) is 3.50. The van der Waals surface area contributed by atoms with Crippen LogP contribution < -0.4 is 10.1 Å². The number of rotatable bonds is 6. The van der Waals surface area contributed by atoms with E-state index < -0.39 is 12.3 Å². The van der Waals surface area contributed by atoms with Crippen LogP contribution in [0.5, 0.6) is 5.75 Å². The van der Waals surface area contributed by atoms with Crippen molar-refractivity contribution in [1.82, 2.24) is 25.5 Å². The van der Waals surface area contributed by atoms with E-state index >= 15 is 0 Å². The maximum Gasteiger partial charge on any atom is 0.573 e. The van der Waals surface area contributed by atoms with Crippen molar-refractivity contribution in [1.29, 1.82) is 0 Å². The van der Waals surface area contributed by atoms with Crippen molar-refractivity contribution in [2.45, 2.75) is 6.36 Å². The van der Waals surface area contributed by atoms with Crippen molar-refractivity contribution in [3.8, 4) is 28.4 Å². The molecular weight excluding hydrogens is 379 g/mol. The van der Waals surface area contributed by atoms with Gasteiger partial charge in [-0.15, -0.1) is 13.2 Å². The molecule has 0 spiro atoms. The topological polar surface area (TPSA) is 113 Å². The molecule has 0 aliphatic carbocycles. The lowest BCUT2D eigenvalue weighted by Crippen LogP contribution is -2.27. The highest BCUT2D eigenvalue weighted by atomic mass is 19.4. The summed E-state index contributed by atoms with van der Waals surface area (Å²) in [6.07, 6.45) is -1.79. The number of alkyl halides is 3. The van der Waals surface area contributed by atoms with Crippen LogP contribution in [0, 0.1) is 0 Å². The molecule has 8 nitrogen and oxygen atoms in total. The van der Waals surface area contributed by atoms with Gasteiger partial charge in [0.25, 0.3) is 5.91 Å². The van der Waals surface area contributed by atoms with Gasteiger partial charge in [-0.25, -0.2) is 9.97 Å². The molecule has 0 aliphatic rings. The van der Waals surface area contributed by atoms with Crippen LogP contribution in [0.1, 0.15) is 10.5 Å². The lowest BCUT2D eigenvalue weighted by atomic mass is 10.1. The van der Waals surface area contributed by atoms with Gasteiger partial charge < -0.3 is 15.2 Å². The molecule has 2 aromatic heterocycles. The van der Waals surface area contributed by atoms with E-state index in [1.807, 2.05) is 0 Å². The maximum atomic E-state index is 12.3. The van der Waals surface area contributed by atoms with Gasteiger partial charge in [0.2, 0.25) is 0 Å². The van der Waals surface area contributed by atoms with Crippen LogP contribution in [0.3, 0.4) is 0 Å². The van der Waals surface area contributed by atoms with Gasteiger partial charge in [-0.2, -0.15) is 5.10 Å². The quantitative estimate of drug-likeness (QED) is 0.592. The number of benzene rings is 1. The van der Waals surface area contributed by atoms with Crippen LogP contribution in [0.4, 0.5) is 13.2 Å². The van der Waals surface area contributed by atoms with Gasteiger partial charge in [-0.3, -0.25) is 9.89 Å². The van der Waals surface area contributed by atoms with E-state index in [4.69, 9.17) is 5.11 Å². The Morgan fingerprint density at radius 3 is 2.54 bits per heavy atom. The van der Waals surface area contributed by atoms with Crippen molar-refractivity contribution in [3.63, 3.8) is 0 Å². The SMILES string of the molecule is O=C(NCCO)c1cc(-c2ccc(OC(F)(F)F)cc2)nc(-c2cn[nH]c2)n1. The van der Waals surface area contributed by atoms with E-state index in [1.54, 1.807) is 0 Å². The van der Waals surface area contributed by atoms with Crippen LogP contribution in [0.15, 0.2) is 42.7 Å². The molecular formula is C17H14F3N5O3. The van der Waals surface area contributed by atoms with Gasteiger partial charge in [-0.1, -0.05) is 0 Å². The number of aromatic nitrogens is 4. The number of carbonyl (C=O) groups excluding carboxylic acids is 1. The number of H-pyrrole nitrogens is 1. The number of amides is 1. The molecule has 3 N–H and O–H groups in total. The Morgan fingerprint density at radius 2 is 1.93 bits per heavy atom. The van der Waals surface area contributed by atoms with Crippen LogP contribution in [-0.4, -0.2) is 50.7 Å². The molecule has 0 saturated carbocycles. The Labute approximate surface area is 156 Å². The standard InChI is InChI=1S/C17H14F3N5O3/c18-17(19,20)28-12-3-1-10(2-4-12)13-7-14(16(27)21-5-6-26)25-15(24-13)11-8-22-23-9-11/h1-4,7-9,26H,5-6H2,(H,21,27)(H,22,23). The third kappa shape index (κ3) is 4.82. The van der Waals surface area contributed by atoms with E-state index in [1.165, 1.54) is 30.6 Å². The Bertz CT molecular complexity index is 944. The fourth-order valence-electron chi connectivity index (χ4n) is 2.30. The fourth-order valence-corrected chi connectivity index (χ4v) is 2.30. The average molecular weight is 393 g/mol. The second-order valence-corrected chi connectivity index (χ2v) is 5.50. The van der Waals surface area contributed by atoms with Gasteiger partial charge in [0.15, 0.2) is 5.82 Å². The number of nitrogens with one attached hydrogen (secondary N) is 2. The summed E-state index contributed by atoms with van der Waals surface area (Å²) in [6, 6.07) is 6.47. The predicted molar refractivity (Wildman–Crippen MR) is 91.2 cm³/mol. The molecule has 3 aromatic rings. The highest BCUT2D eigenvalue weighted by Gasteiger charge is 2.31. The maximum absolute atomic E-state index is 12.3. The molecule has 0 radical (unpaired) electrons. The largest absolute Gasteiger partial charge is 0.573 e. The summed E-state index contributed by atoms with van der Waals surface area (Å²) < 4.78 is 40.8. The number of hydrogen-bond donors (Lipinski definition) is 3. The first-order chi connectivity index (χ1) is 13.4. The summed E-state index contributed by atoms with van der Waals surface area (Å²) >= 11 is 0. The summed E-state index contributed by atoms with van der Waals surface area (Å²) in [6.45, 7) is -0.193. The van der Waals surface area contributed by atoms with Crippen LogP contribution in [0.2, 0.25) is 0 Å². The molecule has 1 amide bonds. The molecule has 0 fully saturated rings. The van der Waals surface area contributed by atoms with E-state index in [0.717, 1.165) is 12.1 Å². The van der Waals surface area contributed by atoms with E-state index in [9.17, 15) is 18.0 Å². The number of hydrogen-bond acceptors (Lipinski definition) is 6. The molecule has 0 atom stereocenters. The first-order valence-corrected chi connectivity index (χ1v) is 7.99. The Balaban J connectivity index is 1.97. The van der Waals surface area contributed by atoms with Gasteiger partial charge >= 0.3 is 6.36 Å². The summed E-state index contributed by atoms with van der Waals surface area (Å²) in [5.74, 6) is -0.697. The van der Waals surface area contributed by atoms with Gasteiger partial charge in [-0.05, 0) is 30.3 Å². The molecule has 0 unspecified atom stereocenters. The van der Waals surface area contributed by atoms with Gasteiger partial charge in [0.1, 0.15) is 11.4 Å². The number of ether oxygens (including phenoxy) is 1. The van der Waals surface area contributed by atoms with Crippen molar-refractivity contribution in [2.75, 3.05) is 13.2 Å². The summed E-state index contributed by atoms with van der Waals surface area (Å²) in [4.78, 5) is 20.8. The molecule has 11 heteroatoms. The normalized spacial score (nSPS) is 11.3. The smallest absolute Gasteiger partial charge is 0.406 e. The Kier molecular flexibility index (Phi) is 5.54. The molecule has 0 aliphatic heterocycles. The molecule has 0 saturated heterocycles. The molecule has 28 heavy (non-hydrogen) atoms. The van der Waals surface area contributed by atoms with Crippen LogP contribution in [-0.2, 0) is 0 Å². The molecule has 146 valence electrons. The summed E-state index contributed by atoms with van der Waals surface area (Å²) in [5.41, 5.74) is 1.33. The number of aliphatic hydroxyl groups excluding tert-OH is 1. The molecule has 0 bridgehead atoms. The molecule has 1 aromatic carbocycles. The van der Waals surface area contributed by atoms with E-state index in [-0.39, 0.29) is 30.4 Å². The number of nitrogens with zero attached hydrogens (tertiary/aromatic N) is 3. The van der Waals surface area contributed by atoms with Gasteiger partial charge in [0, 0.05) is 18.3 Å². The highest BCUT2D eigenvalue weighted by molar-refractivity contribution is 5.93.